The molecular weight excluding hydrogens is 366 g/mol. The number of halogens is 1. The highest BCUT2D eigenvalue weighted by atomic mass is 35.5. The van der Waals surface area contributed by atoms with Crippen LogP contribution in [-0.4, -0.2) is 31.5 Å². The van der Waals surface area contributed by atoms with Crippen molar-refractivity contribution in [2.45, 2.75) is 26.3 Å². The summed E-state index contributed by atoms with van der Waals surface area (Å²) in [6, 6.07) is 10.4. The van der Waals surface area contributed by atoms with Crippen LogP contribution in [0.4, 0.5) is 17.1 Å². The number of hydrogen-bond donors (Lipinski definition) is 2. The van der Waals surface area contributed by atoms with Crippen LogP contribution in [-0.2, 0) is 16.0 Å². The van der Waals surface area contributed by atoms with Gasteiger partial charge in [-0.05, 0) is 55.3 Å². The highest BCUT2D eigenvalue weighted by Gasteiger charge is 2.23. The molecule has 142 valence electrons. The maximum atomic E-state index is 12.5. The summed E-state index contributed by atoms with van der Waals surface area (Å²) in [5.74, 6) is 0.376. The van der Waals surface area contributed by atoms with Gasteiger partial charge in [0, 0.05) is 29.9 Å². The molecule has 0 fully saturated rings. The van der Waals surface area contributed by atoms with Crippen molar-refractivity contribution < 1.29 is 14.3 Å². The van der Waals surface area contributed by atoms with Gasteiger partial charge in [0.15, 0.2) is 0 Å². The zero-order chi connectivity index (χ0) is 19.6. The molecule has 0 unspecified atom stereocenters. The second-order valence-electron chi connectivity index (χ2n) is 6.46. The molecule has 6 nitrogen and oxygen atoms in total. The molecule has 2 amide bonds. The molecule has 7 heteroatoms. The first-order chi connectivity index (χ1) is 12.9. The van der Waals surface area contributed by atoms with E-state index in [0.29, 0.717) is 23.0 Å². The minimum absolute atomic E-state index is 0.0395. The Balaban J connectivity index is 1.69. The Morgan fingerprint density at radius 1 is 1.22 bits per heavy atom. The van der Waals surface area contributed by atoms with Crippen LogP contribution in [0.25, 0.3) is 0 Å². The number of hydrogen-bond acceptors (Lipinski definition) is 4. The number of rotatable bonds is 5. The molecule has 0 saturated carbocycles. The highest BCUT2D eigenvalue weighted by Crippen LogP contribution is 2.31. The number of methoxy groups -OCH3 is 1. The van der Waals surface area contributed by atoms with Crippen molar-refractivity contribution in [3.05, 3.63) is 47.0 Å². The number of amides is 2. The predicted molar refractivity (Wildman–Crippen MR) is 108 cm³/mol. The highest BCUT2D eigenvalue weighted by molar-refractivity contribution is 6.31. The third-order valence-electron chi connectivity index (χ3n) is 4.55. The van der Waals surface area contributed by atoms with Gasteiger partial charge >= 0.3 is 0 Å². The fourth-order valence-electron chi connectivity index (χ4n) is 3.15. The molecule has 0 aliphatic carbocycles. The van der Waals surface area contributed by atoms with Crippen LogP contribution in [0.3, 0.4) is 0 Å². The second-order valence-corrected chi connectivity index (χ2v) is 6.90. The maximum Gasteiger partial charge on any atom is 0.246 e. The third kappa shape index (κ3) is 4.17. The Morgan fingerprint density at radius 3 is 2.70 bits per heavy atom. The average Bonchev–Trinajstić information content (AvgIpc) is 3.05. The van der Waals surface area contributed by atoms with E-state index in [9.17, 15) is 9.59 Å². The Hall–Kier alpha value is -2.73. The number of fused-ring (bicyclic) bond motifs is 1. The van der Waals surface area contributed by atoms with E-state index >= 15 is 0 Å². The number of nitrogens with zero attached hydrogens (tertiary/aromatic N) is 1. The zero-order valence-corrected chi connectivity index (χ0v) is 16.3. The molecule has 1 atom stereocenters. The van der Waals surface area contributed by atoms with Crippen LogP contribution in [0.2, 0.25) is 5.02 Å². The lowest BCUT2D eigenvalue weighted by Gasteiger charge is -2.18. The molecule has 0 spiro atoms. The van der Waals surface area contributed by atoms with E-state index in [1.807, 2.05) is 18.2 Å². The van der Waals surface area contributed by atoms with Gasteiger partial charge in [0.1, 0.15) is 11.8 Å². The molecule has 27 heavy (non-hydrogen) atoms. The van der Waals surface area contributed by atoms with Crippen molar-refractivity contribution in [2.75, 3.05) is 29.2 Å². The SMILES string of the molecule is COc1ccc(Cl)cc1NC(=O)[C@@H](C)Nc1ccc2c(c1)CCN2C(C)=O. The lowest BCUT2D eigenvalue weighted by molar-refractivity contribution is -0.117. The number of anilines is 3. The molecule has 1 aliphatic rings. The maximum absolute atomic E-state index is 12.5. The van der Waals surface area contributed by atoms with Crippen molar-refractivity contribution in [3.8, 4) is 5.75 Å². The first-order valence-electron chi connectivity index (χ1n) is 8.71. The van der Waals surface area contributed by atoms with Gasteiger partial charge in [0.25, 0.3) is 0 Å². The van der Waals surface area contributed by atoms with Gasteiger partial charge in [-0.1, -0.05) is 11.6 Å². The normalized spacial score (nSPS) is 13.7. The molecule has 3 rings (SSSR count). The summed E-state index contributed by atoms with van der Waals surface area (Å²) in [6.45, 7) is 4.04. The largest absolute Gasteiger partial charge is 0.495 e. The molecule has 2 aromatic carbocycles. The molecule has 2 N–H and O–H groups in total. The average molecular weight is 388 g/mol. The second kappa shape index (κ2) is 7.88. The summed E-state index contributed by atoms with van der Waals surface area (Å²) in [7, 11) is 1.54. The van der Waals surface area contributed by atoms with Crippen LogP contribution in [0, 0.1) is 0 Å². The molecule has 0 radical (unpaired) electrons. The first kappa shape index (κ1) is 19.0. The molecule has 1 heterocycles. The topological polar surface area (TPSA) is 70.7 Å². The molecule has 0 aromatic heterocycles. The standard InChI is InChI=1S/C20H22ClN3O3/c1-12(20(26)23-17-11-15(21)4-7-19(17)27-3)22-16-5-6-18-14(10-16)8-9-24(18)13(2)25/h4-7,10-12,22H,8-9H2,1-3H3,(H,23,26)/t12-/m1/s1. The van der Waals surface area contributed by atoms with E-state index < -0.39 is 6.04 Å². The molecule has 0 bridgehead atoms. The predicted octanol–water partition coefficient (Wildman–Crippen LogP) is 3.70. The van der Waals surface area contributed by atoms with Crippen molar-refractivity contribution in [2.24, 2.45) is 0 Å². The van der Waals surface area contributed by atoms with Crippen molar-refractivity contribution in [3.63, 3.8) is 0 Å². The van der Waals surface area contributed by atoms with Crippen LogP contribution in [0.15, 0.2) is 36.4 Å². The van der Waals surface area contributed by atoms with Crippen molar-refractivity contribution in [1.29, 1.82) is 0 Å². The number of ether oxygens (including phenoxy) is 1. The summed E-state index contributed by atoms with van der Waals surface area (Å²) in [5.41, 5.74) is 3.39. The Morgan fingerprint density at radius 2 is 2.00 bits per heavy atom. The number of carbonyl (C=O) groups is 2. The van der Waals surface area contributed by atoms with Gasteiger partial charge in [0.2, 0.25) is 11.8 Å². The minimum Gasteiger partial charge on any atom is -0.495 e. The van der Waals surface area contributed by atoms with Gasteiger partial charge in [0.05, 0.1) is 12.8 Å². The number of benzene rings is 2. The summed E-state index contributed by atoms with van der Waals surface area (Å²) in [4.78, 5) is 26.0. The van der Waals surface area contributed by atoms with Gasteiger partial charge in [-0.15, -0.1) is 0 Å². The molecule has 0 saturated heterocycles. The van der Waals surface area contributed by atoms with Crippen LogP contribution in [0.1, 0.15) is 19.4 Å². The van der Waals surface area contributed by atoms with E-state index in [0.717, 1.165) is 23.4 Å². The first-order valence-corrected chi connectivity index (χ1v) is 9.09. The van der Waals surface area contributed by atoms with E-state index in [2.05, 4.69) is 10.6 Å². The van der Waals surface area contributed by atoms with Gasteiger partial charge in [-0.25, -0.2) is 0 Å². The molecule has 1 aliphatic heterocycles. The fourth-order valence-corrected chi connectivity index (χ4v) is 3.33. The van der Waals surface area contributed by atoms with Gasteiger partial charge in [-0.2, -0.15) is 0 Å². The van der Waals surface area contributed by atoms with Crippen LogP contribution >= 0.6 is 11.6 Å². The van der Waals surface area contributed by atoms with Crippen LogP contribution < -0.4 is 20.3 Å². The zero-order valence-electron chi connectivity index (χ0n) is 15.5. The molecule has 2 aromatic rings. The van der Waals surface area contributed by atoms with E-state index in [-0.39, 0.29) is 11.8 Å². The van der Waals surface area contributed by atoms with Crippen molar-refractivity contribution in [1.82, 2.24) is 0 Å². The summed E-state index contributed by atoms with van der Waals surface area (Å²) >= 11 is 6.00. The quantitative estimate of drug-likeness (QED) is 0.820. The number of carbonyl (C=O) groups excluding carboxylic acids is 2. The summed E-state index contributed by atoms with van der Waals surface area (Å²) < 4.78 is 5.25. The van der Waals surface area contributed by atoms with E-state index in [4.69, 9.17) is 16.3 Å². The van der Waals surface area contributed by atoms with Gasteiger partial charge in [-0.3, -0.25) is 9.59 Å². The third-order valence-corrected chi connectivity index (χ3v) is 4.79. The Bertz CT molecular complexity index is 885. The van der Waals surface area contributed by atoms with Crippen LogP contribution in [0.5, 0.6) is 5.75 Å². The lowest BCUT2D eigenvalue weighted by atomic mass is 10.1. The van der Waals surface area contributed by atoms with E-state index in [1.54, 1.807) is 36.9 Å². The Labute approximate surface area is 163 Å². The van der Waals surface area contributed by atoms with E-state index in [1.165, 1.54) is 7.11 Å². The van der Waals surface area contributed by atoms with Crippen molar-refractivity contribution >= 4 is 40.5 Å². The Kier molecular flexibility index (Phi) is 5.56. The fraction of sp³-hybridized carbons (Fsp3) is 0.300. The minimum atomic E-state index is -0.475. The monoisotopic (exact) mass is 387 g/mol. The summed E-state index contributed by atoms with van der Waals surface area (Å²) in [6.07, 6.45) is 0.810. The number of nitrogens with one attached hydrogen (secondary N) is 2. The lowest BCUT2D eigenvalue weighted by Crippen LogP contribution is -2.32. The smallest absolute Gasteiger partial charge is 0.246 e. The van der Waals surface area contributed by atoms with Gasteiger partial charge < -0.3 is 20.3 Å². The summed E-state index contributed by atoms with van der Waals surface area (Å²) in [5, 5.41) is 6.55. The molecular formula is C20H22ClN3O3.